The van der Waals surface area contributed by atoms with Crippen molar-refractivity contribution in [2.45, 2.75) is 38.4 Å². The van der Waals surface area contributed by atoms with Crippen molar-refractivity contribution in [2.75, 3.05) is 26.7 Å². The molecule has 1 N–H and O–H groups in total. The summed E-state index contributed by atoms with van der Waals surface area (Å²) < 4.78 is 0. The fourth-order valence-corrected chi connectivity index (χ4v) is 2.63. The summed E-state index contributed by atoms with van der Waals surface area (Å²) in [5.74, 6) is 0.265. The molecule has 0 aromatic carbocycles. The fourth-order valence-electron chi connectivity index (χ4n) is 2.63. The number of amides is 1. The lowest BCUT2D eigenvalue weighted by atomic mass is 10.2. The molecule has 0 saturated carbocycles. The van der Waals surface area contributed by atoms with Crippen molar-refractivity contribution in [1.82, 2.24) is 15.1 Å². The molecule has 0 aromatic heterocycles. The molecule has 2 fully saturated rings. The van der Waals surface area contributed by atoms with E-state index in [4.69, 9.17) is 0 Å². The molecular formula is C11H21N3O. The highest BCUT2D eigenvalue weighted by molar-refractivity contribution is 5.81. The minimum atomic E-state index is 0.0353. The van der Waals surface area contributed by atoms with Gasteiger partial charge in [0.05, 0.1) is 12.2 Å². The Balaban J connectivity index is 2.06. The van der Waals surface area contributed by atoms with E-state index in [1.54, 1.807) is 0 Å². The lowest BCUT2D eigenvalue weighted by molar-refractivity contribution is -0.134. The third kappa shape index (κ3) is 2.16. The number of nitrogens with one attached hydrogen (secondary N) is 1. The van der Waals surface area contributed by atoms with Crippen LogP contribution in [0.4, 0.5) is 0 Å². The summed E-state index contributed by atoms with van der Waals surface area (Å²) in [5.41, 5.74) is 0. The van der Waals surface area contributed by atoms with Gasteiger partial charge in [-0.15, -0.1) is 0 Å². The summed E-state index contributed by atoms with van der Waals surface area (Å²) in [4.78, 5) is 16.2. The van der Waals surface area contributed by atoms with Gasteiger partial charge < -0.3 is 10.2 Å². The quantitative estimate of drug-likeness (QED) is 0.675. The van der Waals surface area contributed by atoms with Gasteiger partial charge >= 0.3 is 0 Å². The molecule has 0 bridgehead atoms. The van der Waals surface area contributed by atoms with Gasteiger partial charge in [-0.1, -0.05) is 0 Å². The van der Waals surface area contributed by atoms with E-state index >= 15 is 0 Å². The van der Waals surface area contributed by atoms with Crippen molar-refractivity contribution < 1.29 is 4.79 Å². The van der Waals surface area contributed by atoms with Crippen molar-refractivity contribution in [3.63, 3.8) is 0 Å². The van der Waals surface area contributed by atoms with Crippen molar-refractivity contribution in [2.24, 2.45) is 0 Å². The molecule has 2 atom stereocenters. The summed E-state index contributed by atoms with van der Waals surface area (Å²) in [6.07, 6.45) is 3.93. The van der Waals surface area contributed by atoms with E-state index in [-0.39, 0.29) is 11.9 Å². The van der Waals surface area contributed by atoms with Crippen LogP contribution in [0.15, 0.2) is 0 Å². The molecule has 2 aliphatic rings. The molecule has 2 rings (SSSR count). The Morgan fingerprint density at radius 3 is 2.80 bits per heavy atom. The topological polar surface area (TPSA) is 35.6 Å². The molecule has 2 saturated heterocycles. The van der Waals surface area contributed by atoms with Gasteiger partial charge in [-0.25, -0.2) is 0 Å². The van der Waals surface area contributed by atoms with E-state index < -0.39 is 0 Å². The molecule has 4 nitrogen and oxygen atoms in total. The molecule has 1 amide bonds. The van der Waals surface area contributed by atoms with Crippen molar-refractivity contribution in [3.8, 4) is 0 Å². The minimum absolute atomic E-state index is 0.0353. The second-order valence-electron chi connectivity index (χ2n) is 4.64. The molecule has 0 aliphatic carbocycles. The zero-order valence-electron chi connectivity index (χ0n) is 9.70. The van der Waals surface area contributed by atoms with E-state index in [9.17, 15) is 4.79 Å². The third-order valence-electron chi connectivity index (χ3n) is 3.58. The molecule has 86 valence electrons. The smallest absolute Gasteiger partial charge is 0.239 e. The number of hydrogen-bond donors (Lipinski definition) is 1. The zero-order chi connectivity index (χ0) is 10.8. The molecular weight excluding hydrogens is 190 g/mol. The highest BCUT2D eigenvalue weighted by Crippen LogP contribution is 2.17. The molecule has 0 aromatic rings. The molecule has 2 aliphatic heterocycles. The van der Waals surface area contributed by atoms with Gasteiger partial charge in [-0.2, -0.15) is 0 Å². The number of hydrogen-bond acceptors (Lipinski definition) is 3. The van der Waals surface area contributed by atoms with Crippen LogP contribution in [-0.4, -0.2) is 54.6 Å². The van der Waals surface area contributed by atoms with Crippen molar-refractivity contribution >= 4 is 5.91 Å². The average molecular weight is 211 g/mol. The van der Waals surface area contributed by atoms with E-state index in [2.05, 4.69) is 10.2 Å². The fraction of sp³-hybridized carbons (Fsp3) is 0.909. The summed E-state index contributed by atoms with van der Waals surface area (Å²) in [5, 5.41) is 3.48. The number of carbonyl (C=O) groups excluding carboxylic acids is 1. The molecule has 4 heteroatoms. The molecule has 0 radical (unpaired) electrons. The Kier molecular flexibility index (Phi) is 3.26. The lowest BCUT2D eigenvalue weighted by Gasteiger charge is -2.32. The predicted octanol–water partition coefficient (Wildman–Crippen LogP) is 0.248. The van der Waals surface area contributed by atoms with E-state index in [1.807, 2.05) is 18.9 Å². The summed E-state index contributed by atoms with van der Waals surface area (Å²) >= 11 is 0. The second-order valence-corrected chi connectivity index (χ2v) is 4.64. The molecule has 2 unspecified atom stereocenters. The Morgan fingerprint density at radius 1 is 1.33 bits per heavy atom. The van der Waals surface area contributed by atoms with Crippen molar-refractivity contribution in [1.29, 1.82) is 0 Å². The van der Waals surface area contributed by atoms with Gasteiger partial charge in [0.2, 0.25) is 5.91 Å². The van der Waals surface area contributed by atoms with E-state index in [0.29, 0.717) is 6.17 Å². The van der Waals surface area contributed by atoms with Crippen LogP contribution in [0.5, 0.6) is 0 Å². The first kappa shape index (κ1) is 10.9. The van der Waals surface area contributed by atoms with Gasteiger partial charge in [0.1, 0.15) is 0 Å². The minimum Gasteiger partial charge on any atom is -0.344 e. The number of nitrogens with zero attached hydrogens (tertiary/aromatic N) is 2. The van der Waals surface area contributed by atoms with Crippen LogP contribution in [0.1, 0.15) is 26.2 Å². The van der Waals surface area contributed by atoms with Crippen LogP contribution in [0.3, 0.4) is 0 Å². The molecule has 2 heterocycles. The summed E-state index contributed by atoms with van der Waals surface area (Å²) in [7, 11) is 1.91. The maximum absolute atomic E-state index is 12.0. The SMILES string of the molecule is CC1C(=O)N(C)CCCN1C1CCCN1. The first-order valence-corrected chi connectivity index (χ1v) is 5.94. The van der Waals surface area contributed by atoms with E-state index in [0.717, 1.165) is 26.1 Å². The van der Waals surface area contributed by atoms with Crippen molar-refractivity contribution in [3.05, 3.63) is 0 Å². The Labute approximate surface area is 91.6 Å². The van der Waals surface area contributed by atoms with Gasteiger partial charge in [0, 0.05) is 20.1 Å². The second kappa shape index (κ2) is 4.49. The zero-order valence-corrected chi connectivity index (χ0v) is 9.70. The Bertz CT molecular complexity index is 238. The lowest BCUT2D eigenvalue weighted by Crippen LogP contribution is -2.51. The van der Waals surface area contributed by atoms with Crippen LogP contribution in [0.25, 0.3) is 0 Å². The summed E-state index contributed by atoms with van der Waals surface area (Å²) in [6.45, 7) is 5.06. The monoisotopic (exact) mass is 211 g/mol. The normalized spacial score (nSPS) is 34.5. The maximum Gasteiger partial charge on any atom is 0.239 e. The number of carbonyl (C=O) groups is 1. The first-order chi connectivity index (χ1) is 7.20. The predicted molar refractivity (Wildman–Crippen MR) is 59.4 cm³/mol. The largest absolute Gasteiger partial charge is 0.344 e. The van der Waals surface area contributed by atoms with Crippen LogP contribution in [0.2, 0.25) is 0 Å². The van der Waals surface area contributed by atoms with Crippen LogP contribution < -0.4 is 5.32 Å². The average Bonchev–Trinajstić information content (AvgIpc) is 2.71. The number of likely N-dealkylation sites (N-methyl/N-ethyl adjacent to an activating group) is 1. The maximum atomic E-state index is 12.0. The highest BCUT2D eigenvalue weighted by atomic mass is 16.2. The molecule has 0 spiro atoms. The van der Waals surface area contributed by atoms with Gasteiger partial charge in [0.25, 0.3) is 0 Å². The molecule has 15 heavy (non-hydrogen) atoms. The van der Waals surface area contributed by atoms with Gasteiger partial charge in [-0.3, -0.25) is 9.69 Å². The van der Waals surface area contributed by atoms with Crippen LogP contribution in [-0.2, 0) is 4.79 Å². The van der Waals surface area contributed by atoms with E-state index in [1.165, 1.54) is 12.8 Å². The first-order valence-electron chi connectivity index (χ1n) is 5.94. The van der Waals surface area contributed by atoms with Gasteiger partial charge in [0.15, 0.2) is 0 Å². The number of rotatable bonds is 1. The van der Waals surface area contributed by atoms with Crippen LogP contribution in [0, 0.1) is 0 Å². The van der Waals surface area contributed by atoms with Crippen LogP contribution >= 0.6 is 0 Å². The Hall–Kier alpha value is -0.610. The van der Waals surface area contributed by atoms with Gasteiger partial charge in [-0.05, 0) is 32.7 Å². The summed E-state index contributed by atoms with van der Waals surface area (Å²) in [6, 6.07) is 0.0353. The third-order valence-corrected chi connectivity index (χ3v) is 3.58. The standard InChI is InChI=1S/C11H21N3O/c1-9-11(15)13(2)7-4-8-14(9)10-5-3-6-12-10/h9-10,12H,3-8H2,1-2H3. The Morgan fingerprint density at radius 2 is 2.13 bits per heavy atom. The highest BCUT2D eigenvalue weighted by Gasteiger charge is 2.32.